The van der Waals surface area contributed by atoms with Crippen LogP contribution in [0.4, 0.5) is 4.39 Å². The third-order valence-electron chi connectivity index (χ3n) is 2.51. The Bertz CT molecular complexity index is 404. The van der Waals surface area contributed by atoms with Crippen LogP contribution in [0.2, 0.25) is 0 Å². The number of rotatable bonds is 5. The van der Waals surface area contributed by atoms with Gasteiger partial charge in [-0.15, -0.1) is 0 Å². The summed E-state index contributed by atoms with van der Waals surface area (Å²) in [6.45, 7) is 6.20. The highest BCUT2D eigenvalue weighted by Gasteiger charge is 2.20. The summed E-state index contributed by atoms with van der Waals surface area (Å²) in [5, 5.41) is 12.0. The van der Waals surface area contributed by atoms with Gasteiger partial charge in [-0.05, 0) is 36.6 Å². The standard InChI is InChI=1S/C13H18FNO2/c1-8(2)7-15-12(13(16)17)10-5-4-9(3)11(14)6-10/h4-6,8,12,15H,7H2,1-3H3,(H,16,17). The molecule has 0 saturated heterocycles. The van der Waals surface area contributed by atoms with E-state index in [0.717, 1.165) is 0 Å². The molecule has 0 amide bonds. The van der Waals surface area contributed by atoms with Crippen molar-refractivity contribution in [2.24, 2.45) is 5.92 Å². The molecule has 0 aliphatic heterocycles. The zero-order chi connectivity index (χ0) is 13.0. The predicted molar refractivity (Wildman–Crippen MR) is 64.4 cm³/mol. The summed E-state index contributed by atoms with van der Waals surface area (Å²) in [7, 11) is 0. The number of carboxylic acid groups (broad SMARTS) is 1. The normalized spacial score (nSPS) is 12.8. The summed E-state index contributed by atoms with van der Waals surface area (Å²) in [6, 6.07) is 3.66. The highest BCUT2D eigenvalue weighted by atomic mass is 19.1. The molecule has 0 spiro atoms. The van der Waals surface area contributed by atoms with Gasteiger partial charge in [0.25, 0.3) is 0 Å². The molecule has 3 nitrogen and oxygen atoms in total. The first-order valence-electron chi connectivity index (χ1n) is 5.64. The smallest absolute Gasteiger partial charge is 0.325 e. The van der Waals surface area contributed by atoms with E-state index in [1.807, 2.05) is 13.8 Å². The lowest BCUT2D eigenvalue weighted by atomic mass is 10.0. The Kier molecular flexibility index (Phi) is 4.63. The molecular formula is C13H18FNO2. The van der Waals surface area contributed by atoms with Crippen LogP contribution in [0.1, 0.15) is 31.0 Å². The summed E-state index contributed by atoms with van der Waals surface area (Å²) >= 11 is 0. The summed E-state index contributed by atoms with van der Waals surface area (Å²) in [6.07, 6.45) is 0. The highest BCUT2D eigenvalue weighted by Crippen LogP contribution is 2.17. The van der Waals surface area contributed by atoms with Gasteiger partial charge in [-0.3, -0.25) is 4.79 Å². The van der Waals surface area contributed by atoms with Crippen LogP contribution in [-0.2, 0) is 4.79 Å². The van der Waals surface area contributed by atoms with E-state index < -0.39 is 12.0 Å². The van der Waals surface area contributed by atoms with Crippen LogP contribution in [0, 0.1) is 18.7 Å². The lowest BCUT2D eigenvalue weighted by molar-refractivity contribution is -0.139. The van der Waals surface area contributed by atoms with Gasteiger partial charge in [-0.25, -0.2) is 4.39 Å². The third-order valence-corrected chi connectivity index (χ3v) is 2.51. The number of nitrogens with one attached hydrogen (secondary N) is 1. The summed E-state index contributed by atoms with van der Waals surface area (Å²) in [5.41, 5.74) is 0.961. The molecule has 1 atom stereocenters. The van der Waals surface area contributed by atoms with Crippen LogP contribution < -0.4 is 5.32 Å². The van der Waals surface area contributed by atoms with Gasteiger partial charge in [0, 0.05) is 0 Å². The van der Waals surface area contributed by atoms with Gasteiger partial charge < -0.3 is 10.4 Å². The van der Waals surface area contributed by atoms with Crippen molar-refractivity contribution < 1.29 is 14.3 Å². The lowest BCUT2D eigenvalue weighted by Crippen LogP contribution is -2.31. The topological polar surface area (TPSA) is 49.3 Å². The molecule has 0 aromatic heterocycles. The van der Waals surface area contributed by atoms with E-state index >= 15 is 0 Å². The van der Waals surface area contributed by atoms with E-state index in [1.54, 1.807) is 19.1 Å². The van der Waals surface area contributed by atoms with E-state index in [2.05, 4.69) is 5.32 Å². The van der Waals surface area contributed by atoms with Crippen molar-refractivity contribution >= 4 is 5.97 Å². The maximum Gasteiger partial charge on any atom is 0.325 e. The zero-order valence-corrected chi connectivity index (χ0v) is 10.3. The fourth-order valence-electron chi connectivity index (χ4n) is 1.49. The molecule has 0 radical (unpaired) electrons. The molecule has 0 aliphatic carbocycles. The number of aliphatic carboxylic acids is 1. The molecule has 1 unspecified atom stereocenters. The van der Waals surface area contributed by atoms with Crippen molar-refractivity contribution in [3.05, 3.63) is 35.1 Å². The van der Waals surface area contributed by atoms with E-state index in [0.29, 0.717) is 23.6 Å². The molecule has 1 aromatic rings. The molecule has 0 bridgehead atoms. The zero-order valence-electron chi connectivity index (χ0n) is 10.3. The van der Waals surface area contributed by atoms with Gasteiger partial charge in [-0.2, -0.15) is 0 Å². The third kappa shape index (κ3) is 3.82. The molecular weight excluding hydrogens is 221 g/mol. The number of carbonyl (C=O) groups is 1. The maximum atomic E-state index is 13.4. The van der Waals surface area contributed by atoms with Gasteiger partial charge in [-0.1, -0.05) is 26.0 Å². The van der Waals surface area contributed by atoms with E-state index in [9.17, 15) is 9.18 Å². The van der Waals surface area contributed by atoms with Gasteiger partial charge in [0.1, 0.15) is 11.9 Å². The second kappa shape index (κ2) is 5.77. The van der Waals surface area contributed by atoms with Crippen LogP contribution in [-0.4, -0.2) is 17.6 Å². The molecule has 0 fully saturated rings. The summed E-state index contributed by atoms with van der Waals surface area (Å²) in [5.74, 6) is -1.03. The second-order valence-electron chi connectivity index (χ2n) is 4.58. The largest absolute Gasteiger partial charge is 0.480 e. The van der Waals surface area contributed by atoms with E-state index in [-0.39, 0.29) is 5.82 Å². The monoisotopic (exact) mass is 239 g/mol. The minimum Gasteiger partial charge on any atom is -0.480 e. The van der Waals surface area contributed by atoms with Crippen molar-refractivity contribution in [1.29, 1.82) is 0 Å². The summed E-state index contributed by atoms with van der Waals surface area (Å²) < 4.78 is 13.4. The Balaban J connectivity index is 2.89. The van der Waals surface area contributed by atoms with Gasteiger partial charge in [0.2, 0.25) is 0 Å². The number of hydrogen-bond acceptors (Lipinski definition) is 2. The minimum atomic E-state index is -0.992. The number of aryl methyl sites for hydroxylation is 1. The summed E-state index contributed by atoms with van der Waals surface area (Å²) in [4.78, 5) is 11.1. The SMILES string of the molecule is Cc1ccc(C(NCC(C)C)C(=O)O)cc1F. The highest BCUT2D eigenvalue weighted by molar-refractivity contribution is 5.75. The number of benzene rings is 1. The van der Waals surface area contributed by atoms with Crippen LogP contribution in [0.15, 0.2) is 18.2 Å². The van der Waals surface area contributed by atoms with Gasteiger partial charge >= 0.3 is 5.97 Å². The van der Waals surface area contributed by atoms with Crippen LogP contribution in [0.25, 0.3) is 0 Å². The second-order valence-corrected chi connectivity index (χ2v) is 4.58. The average molecular weight is 239 g/mol. The van der Waals surface area contributed by atoms with Crippen molar-refractivity contribution in [3.63, 3.8) is 0 Å². The molecule has 2 N–H and O–H groups in total. The molecule has 94 valence electrons. The Labute approximate surface area is 101 Å². The Morgan fingerprint density at radius 2 is 2.12 bits per heavy atom. The molecule has 1 aromatic carbocycles. The number of hydrogen-bond donors (Lipinski definition) is 2. The first-order chi connectivity index (χ1) is 7.91. The van der Waals surface area contributed by atoms with E-state index in [1.165, 1.54) is 6.07 Å². The molecule has 1 rings (SSSR count). The van der Waals surface area contributed by atoms with E-state index in [4.69, 9.17) is 5.11 Å². The fourth-order valence-corrected chi connectivity index (χ4v) is 1.49. The van der Waals surface area contributed by atoms with Crippen LogP contribution in [0.3, 0.4) is 0 Å². The quantitative estimate of drug-likeness (QED) is 0.830. The average Bonchev–Trinajstić information content (AvgIpc) is 2.22. The fraction of sp³-hybridized carbons (Fsp3) is 0.462. The minimum absolute atomic E-state index is 0.340. The molecule has 0 saturated carbocycles. The Hall–Kier alpha value is -1.42. The van der Waals surface area contributed by atoms with Crippen molar-refractivity contribution in [1.82, 2.24) is 5.32 Å². The molecule has 4 heteroatoms. The van der Waals surface area contributed by atoms with Crippen LogP contribution in [0.5, 0.6) is 0 Å². The Morgan fingerprint density at radius 3 is 2.59 bits per heavy atom. The number of halogens is 1. The van der Waals surface area contributed by atoms with Crippen LogP contribution >= 0.6 is 0 Å². The van der Waals surface area contributed by atoms with Crippen molar-refractivity contribution in [2.45, 2.75) is 26.8 Å². The Morgan fingerprint density at radius 1 is 1.47 bits per heavy atom. The van der Waals surface area contributed by atoms with Crippen molar-refractivity contribution in [3.8, 4) is 0 Å². The predicted octanol–water partition coefficient (Wildman–Crippen LogP) is 2.51. The molecule has 0 heterocycles. The van der Waals surface area contributed by atoms with Gasteiger partial charge in [0.15, 0.2) is 0 Å². The molecule has 0 aliphatic rings. The lowest BCUT2D eigenvalue weighted by Gasteiger charge is -2.16. The first-order valence-corrected chi connectivity index (χ1v) is 5.64. The first kappa shape index (κ1) is 13.6. The van der Waals surface area contributed by atoms with Crippen molar-refractivity contribution in [2.75, 3.05) is 6.54 Å². The number of carboxylic acids is 1. The maximum absolute atomic E-state index is 13.4. The van der Waals surface area contributed by atoms with Gasteiger partial charge in [0.05, 0.1) is 0 Å². The molecule has 17 heavy (non-hydrogen) atoms.